The monoisotopic (exact) mass is 299 g/mol. The van der Waals surface area contributed by atoms with Gasteiger partial charge in [0.25, 0.3) is 0 Å². The standard InChI is InChI=1S/C12H17N3O2S2/c1-3-15(7-8-4-5-8)12-11(19(2,16)17)10(14)9(6-13)18-12/h8H,3-5,7,14H2,1-2H3. The maximum absolute atomic E-state index is 11.9. The molecule has 1 aromatic rings. The number of nitrogens with two attached hydrogens (primary N) is 1. The van der Waals surface area contributed by atoms with Crippen LogP contribution in [0.4, 0.5) is 10.7 Å². The molecule has 7 heteroatoms. The maximum atomic E-state index is 11.9. The van der Waals surface area contributed by atoms with Crippen LogP contribution in [0.5, 0.6) is 0 Å². The minimum Gasteiger partial charge on any atom is -0.396 e. The lowest BCUT2D eigenvalue weighted by Gasteiger charge is -2.22. The second-order valence-electron chi connectivity index (χ2n) is 4.85. The Labute approximate surface area is 117 Å². The van der Waals surface area contributed by atoms with E-state index in [4.69, 9.17) is 11.0 Å². The largest absolute Gasteiger partial charge is 0.396 e. The maximum Gasteiger partial charge on any atom is 0.180 e. The number of thiophene rings is 1. The van der Waals surface area contributed by atoms with E-state index < -0.39 is 9.84 Å². The third-order valence-corrected chi connectivity index (χ3v) is 5.65. The lowest BCUT2D eigenvalue weighted by atomic mass is 10.3. The van der Waals surface area contributed by atoms with Crippen molar-refractivity contribution in [2.45, 2.75) is 24.7 Å². The zero-order chi connectivity index (χ0) is 14.2. The highest BCUT2D eigenvalue weighted by atomic mass is 32.2. The predicted molar refractivity (Wildman–Crippen MR) is 77.2 cm³/mol. The van der Waals surface area contributed by atoms with Gasteiger partial charge in [-0.25, -0.2) is 8.42 Å². The highest BCUT2D eigenvalue weighted by molar-refractivity contribution is 7.91. The molecule has 0 saturated heterocycles. The van der Waals surface area contributed by atoms with Gasteiger partial charge in [-0.15, -0.1) is 11.3 Å². The fraction of sp³-hybridized carbons (Fsp3) is 0.583. The van der Waals surface area contributed by atoms with Crippen molar-refractivity contribution in [3.05, 3.63) is 4.88 Å². The molecule has 0 bridgehead atoms. The summed E-state index contributed by atoms with van der Waals surface area (Å²) in [5.74, 6) is 0.640. The third kappa shape index (κ3) is 2.85. The molecular weight excluding hydrogens is 282 g/mol. The summed E-state index contributed by atoms with van der Waals surface area (Å²) >= 11 is 1.18. The Morgan fingerprint density at radius 2 is 2.16 bits per heavy atom. The highest BCUT2D eigenvalue weighted by Crippen LogP contribution is 2.42. The molecule has 19 heavy (non-hydrogen) atoms. The fourth-order valence-electron chi connectivity index (χ4n) is 2.03. The van der Waals surface area contributed by atoms with Gasteiger partial charge >= 0.3 is 0 Å². The van der Waals surface area contributed by atoms with Crippen molar-refractivity contribution < 1.29 is 8.42 Å². The lowest BCUT2D eigenvalue weighted by molar-refractivity contribution is 0.602. The van der Waals surface area contributed by atoms with E-state index in [-0.39, 0.29) is 15.5 Å². The van der Waals surface area contributed by atoms with Crippen LogP contribution in [0, 0.1) is 17.2 Å². The van der Waals surface area contributed by atoms with Crippen molar-refractivity contribution in [2.75, 3.05) is 30.0 Å². The van der Waals surface area contributed by atoms with Gasteiger partial charge in [0.1, 0.15) is 20.8 Å². The molecule has 1 saturated carbocycles. The van der Waals surface area contributed by atoms with E-state index in [1.165, 1.54) is 24.2 Å². The highest BCUT2D eigenvalue weighted by Gasteiger charge is 2.30. The van der Waals surface area contributed by atoms with Crippen LogP contribution in [0.15, 0.2) is 4.90 Å². The summed E-state index contributed by atoms with van der Waals surface area (Å²) in [5, 5.41) is 9.65. The summed E-state index contributed by atoms with van der Waals surface area (Å²) in [4.78, 5) is 2.43. The summed E-state index contributed by atoms with van der Waals surface area (Å²) in [6, 6.07) is 1.98. The molecule has 2 rings (SSSR count). The number of rotatable bonds is 5. The first-order chi connectivity index (χ1) is 8.88. The van der Waals surface area contributed by atoms with Gasteiger partial charge in [-0.05, 0) is 25.7 Å². The molecule has 0 radical (unpaired) electrons. The van der Waals surface area contributed by atoms with E-state index in [1.807, 2.05) is 17.9 Å². The molecule has 1 aliphatic rings. The normalized spacial score (nSPS) is 15.2. The van der Waals surface area contributed by atoms with E-state index in [0.717, 1.165) is 12.8 Å². The number of nitrogen functional groups attached to an aromatic ring is 1. The molecule has 0 unspecified atom stereocenters. The molecule has 2 N–H and O–H groups in total. The van der Waals surface area contributed by atoms with Crippen LogP contribution in [-0.4, -0.2) is 27.8 Å². The Bertz CT molecular complexity index is 624. The molecule has 5 nitrogen and oxygen atoms in total. The van der Waals surface area contributed by atoms with Crippen LogP contribution in [0.3, 0.4) is 0 Å². The van der Waals surface area contributed by atoms with Gasteiger partial charge in [-0.1, -0.05) is 0 Å². The molecular formula is C12H17N3O2S2. The van der Waals surface area contributed by atoms with Crippen LogP contribution >= 0.6 is 11.3 Å². The van der Waals surface area contributed by atoms with Crippen LogP contribution in [0.2, 0.25) is 0 Å². The second kappa shape index (κ2) is 5.02. The van der Waals surface area contributed by atoms with E-state index in [1.54, 1.807) is 0 Å². The Hall–Kier alpha value is -1.26. The number of anilines is 2. The van der Waals surface area contributed by atoms with Crippen LogP contribution in [0.1, 0.15) is 24.6 Å². The molecule has 1 heterocycles. The van der Waals surface area contributed by atoms with Crippen molar-refractivity contribution in [1.82, 2.24) is 0 Å². The van der Waals surface area contributed by atoms with E-state index in [2.05, 4.69) is 0 Å². The smallest absolute Gasteiger partial charge is 0.180 e. The summed E-state index contributed by atoms with van der Waals surface area (Å²) in [5.41, 5.74) is 5.92. The average molecular weight is 299 g/mol. The first kappa shape index (κ1) is 14.2. The molecule has 0 spiro atoms. The van der Waals surface area contributed by atoms with Crippen molar-refractivity contribution >= 4 is 31.9 Å². The first-order valence-electron chi connectivity index (χ1n) is 6.15. The zero-order valence-electron chi connectivity index (χ0n) is 11.0. The molecule has 1 aliphatic carbocycles. The van der Waals surface area contributed by atoms with Gasteiger partial charge in [-0.3, -0.25) is 0 Å². The zero-order valence-corrected chi connectivity index (χ0v) is 12.6. The average Bonchev–Trinajstić information content (AvgIpc) is 3.07. The second-order valence-corrected chi connectivity index (χ2v) is 7.80. The number of sulfone groups is 1. The lowest BCUT2D eigenvalue weighted by Crippen LogP contribution is -2.25. The minimum atomic E-state index is -3.43. The molecule has 0 amide bonds. The Kier molecular flexibility index (Phi) is 3.74. The number of nitrogens with zero attached hydrogens (tertiary/aromatic N) is 2. The van der Waals surface area contributed by atoms with Crippen molar-refractivity contribution in [3.8, 4) is 6.07 Å². The number of nitriles is 1. The van der Waals surface area contributed by atoms with Gasteiger partial charge in [0.05, 0.1) is 5.69 Å². The Balaban J connectivity index is 2.51. The Morgan fingerprint density at radius 1 is 1.53 bits per heavy atom. The summed E-state index contributed by atoms with van der Waals surface area (Å²) in [7, 11) is -3.43. The van der Waals surface area contributed by atoms with Gasteiger partial charge in [0.15, 0.2) is 9.84 Å². The summed E-state index contributed by atoms with van der Waals surface area (Å²) in [6.45, 7) is 3.53. The topological polar surface area (TPSA) is 87.2 Å². The Morgan fingerprint density at radius 3 is 2.58 bits per heavy atom. The summed E-state index contributed by atoms with van der Waals surface area (Å²) < 4.78 is 23.8. The van der Waals surface area contributed by atoms with Crippen LogP contribution in [-0.2, 0) is 9.84 Å². The van der Waals surface area contributed by atoms with Crippen LogP contribution < -0.4 is 10.6 Å². The number of hydrogen-bond acceptors (Lipinski definition) is 6. The predicted octanol–water partition coefficient (Wildman–Crippen LogP) is 1.84. The van der Waals surface area contributed by atoms with Gasteiger partial charge in [-0.2, -0.15) is 5.26 Å². The van der Waals surface area contributed by atoms with Crippen LogP contribution in [0.25, 0.3) is 0 Å². The minimum absolute atomic E-state index is 0.0965. The first-order valence-corrected chi connectivity index (χ1v) is 8.86. The van der Waals surface area contributed by atoms with Crippen molar-refractivity contribution in [3.63, 3.8) is 0 Å². The molecule has 0 aromatic carbocycles. The van der Waals surface area contributed by atoms with Crippen molar-refractivity contribution in [2.24, 2.45) is 5.92 Å². The SMILES string of the molecule is CCN(CC1CC1)c1sc(C#N)c(N)c1S(C)(=O)=O. The molecule has 0 aliphatic heterocycles. The summed E-state index contributed by atoms with van der Waals surface area (Å²) in [6.07, 6.45) is 3.52. The molecule has 0 atom stereocenters. The van der Waals surface area contributed by atoms with Gasteiger partial charge < -0.3 is 10.6 Å². The van der Waals surface area contributed by atoms with Crippen molar-refractivity contribution in [1.29, 1.82) is 5.26 Å². The molecule has 104 valence electrons. The van der Waals surface area contributed by atoms with Gasteiger partial charge in [0, 0.05) is 19.3 Å². The molecule has 1 fully saturated rings. The van der Waals surface area contributed by atoms with Gasteiger partial charge in [0.2, 0.25) is 0 Å². The fourth-order valence-corrected chi connectivity index (χ4v) is 4.61. The quantitative estimate of drug-likeness (QED) is 0.896. The third-order valence-electron chi connectivity index (χ3n) is 3.20. The van der Waals surface area contributed by atoms with E-state index in [0.29, 0.717) is 17.5 Å². The molecule has 1 aromatic heterocycles. The van der Waals surface area contributed by atoms with E-state index in [9.17, 15) is 8.42 Å². The number of hydrogen-bond donors (Lipinski definition) is 1. The van der Waals surface area contributed by atoms with E-state index >= 15 is 0 Å².